The number of benzene rings is 3. The molecule has 4 rings (SSSR count). The summed E-state index contributed by atoms with van der Waals surface area (Å²) in [6, 6.07) is 19.6. The SMILES string of the molecule is Cc1ccc(N(C2CCN(Cc3ccccc3C(F)(F)F)CC2)S(=O)(=O)c2cccc(C)c2)cc1. The van der Waals surface area contributed by atoms with Crippen LogP contribution in [0.2, 0.25) is 0 Å². The number of halogens is 3. The maximum atomic E-state index is 13.8. The van der Waals surface area contributed by atoms with E-state index in [4.69, 9.17) is 0 Å². The fourth-order valence-corrected chi connectivity index (χ4v) is 6.43. The van der Waals surface area contributed by atoms with Crippen molar-refractivity contribution in [2.45, 2.75) is 50.3 Å². The molecule has 0 aliphatic carbocycles. The summed E-state index contributed by atoms with van der Waals surface area (Å²) in [6.07, 6.45) is -3.36. The third kappa shape index (κ3) is 5.70. The number of aryl methyl sites for hydroxylation is 2. The van der Waals surface area contributed by atoms with E-state index in [2.05, 4.69) is 0 Å². The van der Waals surface area contributed by atoms with Gasteiger partial charge in [-0.25, -0.2) is 8.42 Å². The monoisotopic (exact) mass is 502 g/mol. The van der Waals surface area contributed by atoms with Crippen molar-refractivity contribution in [2.75, 3.05) is 17.4 Å². The molecule has 0 radical (unpaired) electrons. The van der Waals surface area contributed by atoms with Crippen LogP contribution in [0.3, 0.4) is 0 Å². The number of anilines is 1. The number of hydrogen-bond donors (Lipinski definition) is 0. The van der Waals surface area contributed by atoms with Crippen LogP contribution >= 0.6 is 0 Å². The van der Waals surface area contributed by atoms with Gasteiger partial charge in [0.2, 0.25) is 0 Å². The van der Waals surface area contributed by atoms with E-state index in [1.165, 1.54) is 16.4 Å². The second-order valence-electron chi connectivity index (χ2n) is 9.12. The van der Waals surface area contributed by atoms with Crippen molar-refractivity contribution in [1.29, 1.82) is 0 Å². The number of likely N-dealkylation sites (tertiary alicyclic amines) is 1. The van der Waals surface area contributed by atoms with Gasteiger partial charge in [0, 0.05) is 25.7 Å². The maximum absolute atomic E-state index is 13.8. The molecule has 1 aliphatic rings. The van der Waals surface area contributed by atoms with Crippen molar-refractivity contribution in [3.63, 3.8) is 0 Å². The fraction of sp³-hybridized carbons (Fsp3) is 0.333. The van der Waals surface area contributed by atoms with Crippen LogP contribution in [0, 0.1) is 13.8 Å². The Morgan fingerprint density at radius 1 is 0.886 bits per heavy atom. The smallest absolute Gasteiger partial charge is 0.299 e. The summed E-state index contributed by atoms with van der Waals surface area (Å²) < 4.78 is 69.3. The van der Waals surface area contributed by atoms with Gasteiger partial charge in [-0.1, -0.05) is 48.0 Å². The quantitative estimate of drug-likeness (QED) is 0.404. The van der Waals surface area contributed by atoms with Crippen LogP contribution in [-0.2, 0) is 22.7 Å². The molecule has 186 valence electrons. The highest BCUT2D eigenvalue weighted by atomic mass is 32.2. The average Bonchev–Trinajstić information content (AvgIpc) is 2.81. The summed E-state index contributed by atoms with van der Waals surface area (Å²) in [5.41, 5.74) is 2.09. The lowest BCUT2D eigenvalue weighted by molar-refractivity contribution is -0.138. The van der Waals surface area contributed by atoms with Gasteiger partial charge in [-0.05, 0) is 68.1 Å². The molecule has 0 aromatic heterocycles. The third-order valence-electron chi connectivity index (χ3n) is 6.44. The van der Waals surface area contributed by atoms with Crippen molar-refractivity contribution in [3.05, 3.63) is 95.1 Å². The molecule has 3 aromatic rings. The van der Waals surface area contributed by atoms with Crippen LogP contribution in [0.1, 0.15) is 35.1 Å². The third-order valence-corrected chi connectivity index (χ3v) is 8.32. The zero-order valence-electron chi connectivity index (χ0n) is 19.8. The molecular weight excluding hydrogens is 473 g/mol. The largest absolute Gasteiger partial charge is 0.416 e. The van der Waals surface area contributed by atoms with Gasteiger partial charge in [-0.2, -0.15) is 13.2 Å². The molecular formula is C27H29F3N2O2S. The van der Waals surface area contributed by atoms with Gasteiger partial charge in [-0.15, -0.1) is 0 Å². The minimum absolute atomic E-state index is 0.178. The Bertz CT molecular complexity index is 1270. The number of hydrogen-bond acceptors (Lipinski definition) is 3. The number of sulfonamides is 1. The van der Waals surface area contributed by atoms with Gasteiger partial charge in [-0.3, -0.25) is 9.21 Å². The van der Waals surface area contributed by atoms with E-state index in [1.807, 2.05) is 49.1 Å². The fourth-order valence-electron chi connectivity index (χ4n) is 4.61. The van der Waals surface area contributed by atoms with Crippen molar-refractivity contribution in [3.8, 4) is 0 Å². The van der Waals surface area contributed by atoms with Crippen molar-refractivity contribution in [1.82, 2.24) is 4.90 Å². The molecule has 8 heteroatoms. The number of rotatable bonds is 6. The summed E-state index contributed by atoms with van der Waals surface area (Å²) in [4.78, 5) is 2.20. The highest BCUT2D eigenvalue weighted by Gasteiger charge is 2.36. The highest BCUT2D eigenvalue weighted by molar-refractivity contribution is 7.92. The standard InChI is InChI=1S/C27H29F3N2O2S/c1-20-10-12-23(13-11-20)32(35(33,34)25-8-5-6-21(2)18-25)24-14-16-31(17-15-24)19-22-7-3-4-9-26(22)27(28,29)30/h3-13,18,24H,14-17,19H2,1-2H3. The Hall–Kier alpha value is -2.84. The topological polar surface area (TPSA) is 40.6 Å². The molecule has 1 heterocycles. The lowest BCUT2D eigenvalue weighted by Gasteiger charge is -2.39. The molecule has 0 unspecified atom stereocenters. The molecule has 0 N–H and O–H groups in total. The minimum atomic E-state index is -4.40. The van der Waals surface area contributed by atoms with Gasteiger partial charge in [0.1, 0.15) is 0 Å². The molecule has 1 fully saturated rings. The first-order valence-corrected chi connectivity index (χ1v) is 13.0. The highest BCUT2D eigenvalue weighted by Crippen LogP contribution is 2.34. The van der Waals surface area contributed by atoms with Gasteiger partial charge < -0.3 is 0 Å². The van der Waals surface area contributed by atoms with Crippen molar-refractivity contribution in [2.24, 2.45) is 0 Å². The van der Waals surface area contributed by atoms with E-state index in [-0.39, 0.29) is 23.0 Å². The van der Waals surface area contributed by atoms with Gasteiger partial charge in [0.15, 0.2) is 0 Å². The van der Waals surface area contributed by atoms with Gasteiger partial charge in [0.05, 0.1) is 16.1 Å². The predicted octanol–water partition coefficient (Wildman–Crippen LogP) is 6.18. The van der Waals surface area contributed by atoms with E-state index < -0.39 is 21.8 Å². The van der Waals surface area contributed by atoms with Crippen LogP contribution in [0.4, 0.5) is 18.9 Å². The van der Waals surface area contributed by atoms with Crippen LogP contribution in [0.25, 0.3) is 0 Å². The van der Waals surface area contributed by atoms with E-state index >= 15 is 0 Å². The predicted molar refractivity (Wildman–Crippen MR) is 132 cm³/mol. The maximum Gasteiger partial charge on any atom is 0.416 e. The Labute approximate surface area is 205 Å². The number of alkyl halides is 3. The van der Waals surface area contributed by atoms with Crippen molar-refractivity contribution < 1.29 is 21.6 Å². The average molecular weight is 503 g/mol. The normalized spacial score (nSPS) is 15.8. The summed E-state index contributed by atoms with van der Waals surface area (Å²) in [5, 5.41) is 0. The van der Waals surface area contributed by atoms with Crippen LogP contribution in [0.5, 0.6) is 0 Å². The molecule has 0 saturated carbocycles. The van der Waals surface area contributed by atoms with Crippen molar-refractivity contribution >= 4 is 15.7 Å². The first-order chi connectivity index (χ1) is 16.6. The Morgan fingerprint density at radius 3 is 2.17 bits per heavy atom. The molecule has 4 nitrogen and oxygen atoms in total. The zero-order valence-corrected chi connectivity index (χ0v) is 20.6. The molecule has 1 saturated heterocycles. The number of piperidine rings is 1. The molecule has 35 heavy (non-hydrogen) atoms. The second-order valence-corrected chi connectivity index (χ2v) is 10.9. The first kappa shape index (κ1) is 25.3. The lowest BCUT2D eigenvalue weighted by Crippen LogP contribution is -2.47. The summed E-state index contributed by atoms with van der Waals surface area (Å²) >= 11 is 0. The minimum Gasteiger partial charge on any atom is -0.299 e. The Morgan fingerprint density at radius 2 is 1.54 bits per heavy atom. The lowest BCUT2D eigenvalue weighted by atomic mass is 10.0. The molecule has 0 atom stereocenters. The Kier molecular flexibility index (Phi) is 7.24. The number of nitrogens with zero attached hydrogens (tertiary/aromatic N) is 2. The molecule has 0 bridgehead atoms. The van der Waals surface area contributed by atoms with Crippen LogP contribution in [0.15, 0.2) is 77.7 Å². The molecule has 3 aromatic carbocycles. The van der Waals surface area contributed by atoms with E-state index in [0.29, 0.717) is 31.6 Å². The summed E-state index contributed by atoms with van der Waals surface area (Å²) in [6.45, 7) is 4.98. The first-order valence-electron chi connectivity index (χ1n) is 11.6. The van der Waals surface area contributed by atoms with E-state index in [1.54, 1.807) is 24.3 Å². The molecule has 0 amide bonds. The van der Waals surface area contributed by atoms with Crippen LogP contribution in [-0.4, -0.2) is 32.4 Å². The molecule has 1 aliphatic heterocycles. The summed E-state index contributed by atoms with van der Waals surface area (Å²) in [5.74, 6) is 0. The van der Waals surface area contributed by atoms with Gasteiger partial charge >= 0.3 is 6.18 Å². The van der Waals surface area contributed by atoms with Crippen LogP contribution < -0.4 is 4.31 Å². The van der Waals surface area contributed by atoms with E-state index in [0.717, 1.165) is 17.2 Å². The van der Waals surface area contributed by atoms with Gasteiger partial charge in [0.25, 0.3) is 10.0 Å². The summed E-state index contributed by atoms with van der Waals surface area (Å²) in [7, 11) is -3.83. The Balaban J connectivity index is 1.58. The van der Waals surface area contributed by atoms with E-state index in [9.17, 15) is 21.6 Å². The second kappa shape index (κ2) is 10.0. The molecule has 0 spiro atoms. The zero-order chi connectivity index (χ0) is 25.2.